The van der Waals surface area contributed by atoms with E-state index in [1.807, 2.05) is 32.4 Å². The third-order valence-electron chi connectivity index (χ3n) is 3.29. The minimum Gasteiger partial charge on any atom is -0.394 e. The van der Waals surface area contributed by atoms with Gasteiger partial charge in [0, 0.05) is 12.1 Å². The van der Waals surface area contributed by atoms with Crippen LogP contribution in [0.1, 0.15) is 45.3 Å². The molecule has 106 valence electrons. The van der Waals surface area contributed by atoms with E-state index < -0.39 is 0 Å². The van der Waals surface area contributed by atoms with E-state index in [2.05, 4.69) is 15.7 Å². The minimum atomic E-state index is -0.323. The van der Waals surface area contributed by atoms with E-state index >= 15 is 0 Å². The summed E-state index contributed by atoms with van der Waals surface area (Å²) in [5.41, 5.74) is 7.42. The van der Waals surface area contributed by atoms with E-state index in [-0.39, 0.29) is 18.0 Å². The molecule has 6 heteroatoms. The van der Waals surface area contributed by atoms with Crippen molar-refractivity contribution in [1.82, 2.24) is 15.1 Å². The number of nitrogens with one attached hydrogen (secondary N) is 2. The highest BCUT2D eigenvalue weighted by Crippen LogP contribution is 2.26. The summed E-state index contributed by atoms with van der Waals surface area (Å²) in [5.74, 6) is 0.738. The summed E-state index contributed by atoms with van der Waals surface area (Å²) >= 11 is 0. The van der Waals surface area contributed by atoms with E-state index in [0.29, 0.717) is 11.7 Å². The van der Waals surface area contributed by atoms with Crippen molar-refractivity contribution in [3.63, 3.8) is 0 Å². The van der Waals surface area contributed by atoms with Crippen LogP contribution in [-0.4, -0.2) is 27.8 Å². The average Bonchev–Trinajstić information content (AvgIpc) is 3.10. The molecule has 1 saturated carbocycles. The van der Waals surface area contributed by atoms with Gasteiger partial charge in [-0.3, -0.25) is 4.79 Å². The maximum absolute atomic E-state index is 12.0. The van der Waals surface area contributed by atoms with Crippen molar-refractivity contribution in [2.75, 3.05) is 11.1 Å². The second kappa shape index (κ2) is 5.11. The number of carbonyl (C=O) groups excluding carboxylic acids is 1. The van der Waals surface area contributed by atoms with Gasteiger partial charge in [-0.1, -0.05) is 0 Å². The molecule has 19 heavy (non-hydrogen) atoms. The summed E-state index contributed by atoms with van der Waals surface area (Å²) in [6.45, 7) is 7.77. The van der Waals surface area contributed by atoms with Gasteiger partial charge in [-0.15, -0.1) is 0 Å². The predicted molar refractivity (Wildman–Crippen MR) is 76.0 cm³/mol. The summed E-state index contributed by atoms with van der Waals surface area (Å²) < 4.78 is 1.82. The molecule has 1 aromatic rings. The minimum absolute atomic E-state index is 0.0102. The molecule has 1 atom stereocenters. The third-order valence-corrected chi connectivity index (χ3v) is 3.29. The second-order valence-corrected chi connectivity index (χ2v) is 5.53. The number of hydrogen-bond donors (Lipinski definition) is 3. The fourth-order valence-corrected chi connectivity index (χ4v) is 1.90. The second-order valence-electron chi connectivity index (χ2n) is 5.53. The zero-order valence-electron chi connectivity index (χ0n) is 12.0. The highest BCUT2D eigenvalue weighted by atomic mass is 16.2. The van der Waals surface area contributed by atoms with Crippen molar-refractivity contribution in [2.45, 2.75) is 58.7 Å². The van der Waals surface area contributed by atoms with Crippen LogP contribution in [0.4, 0.5) is 11.5 Å². The third kappa shape index (κ3) is 3.00. The van der Waals surface area contributed by atoms with Gasteiger partial charge in [0.05, 0.1) is 11.4 Å². The molecule has 1 aliphatic rings. The Kier molecular flexibility index (Phi) is 3.68. The van der Waals surface area contributed by atoms with Gasteiger partial charge in [0.2, 0.25) is 5.91 Å². The van der Waals surface area contributed by atoms with Gasteiger partial charge in [-0.05, 0) is 40.5 Å². The van der Waals surface area contributed by atoms with Crippen LogP contribution in [0, 0.1) is 6.92 Å². The molecular weight excluding hydrogens is 242 g/mol. The number of carbonyl (C=O) groups is 1. The smallest absolute Gasteiger partial charge is 0.242 e. The first-order valence-corrected chi connectivity index (χ1v) is 6.81. The normalized spacial score (nSPS) is 16.5. The summed E-state index contributed by atoms with van der Waals surface area (Å²) in [4.78, 5) is 12.0. The zero-order chi connectivity index (χ0) is 14.2. The van der Waals surface area contributed by atoms with Crippen molar-refractivity contribution < 1.29 is 4.79 Å². The number of aromatic nitrogens is 2. The standard InChI is InChI=1S/C13H23N5O/c1-7(2)18-12(11(14)8(3)17-18)15-9(4)13(19)16-10-5-6-10/h7,9-10,15H,5-6,14H2,1-4H3,(H,16,19). The molecule has 1 fully saturated rings. The first-order chi connectivity index (χ1) is 8.90. The molecule has 1 aromatic heterocycles. The first kappa shape index (κ1) is 13.7. The van der Waals surface area contributed by atoms with Crippen molar-refractivity contribution in [1.29, 1.82) is 0 Å². The van der Waals surface area contributed by atoms with Crippen molar-refractivity contribution in [3.05, 3.63) is 5.69 Å². The molecule has 0 saturated heterocycles. The maximum atomic E-state index is 12.0. The fourth-order valence-electron chi connectivity index (χ4n) is 1.90. The molecule has 6 nitrogen and oxygen atoms in total. The maximum Gasteiger partial charge on any atom is 0.242 e. The lowest BCUT2D eigenvalue weighted by molar-refractivity contribution is -0.121. The van der Waals surface area contributed by atoms with Crippen LogP contribution >= 0.6 is 0 Å². The number of nitrogen functional groups attached to an aromatic ring is 1. The van der Waals surface area contributed by atoms with Crippen molar-refractivity contribution in [2.24, 2.45) is 0 Å². The quantitative estimate of drug-likeness (QED) is 0.752. The van der Waals surface area contributed by atoms with E-state index in [4.69, 9.17) is 5.73 Å². The molecule has 1 amide bonds. The topological polar surface area (TPSA) is 85.0 Å². The fraction of sp³-hybridized carbons (Fsp3) is 0.692. The lowest BCUT2D eigenvalue weighted by Gasteiger charge is -2.18. The van der Waals surface area contributed by atoms with Crippen LogP contribution in [0.25, 0.3) is 0 Å². The van der Waals surface area contributed by atoms with E-state index in [1.165, 1.54) is 0 Å². The monoisotopic (exact) mass is 265 g/mol. The molecule has 0 aliphatic heterocycles. The van der Waals surface area contributed by atoms with Gasteiger partial charge < -0.3 is 16.4 Å². The number of aryl methyl sites for hydroxylation is 1. The molecule has 0 bridgehead atoms. The van der Waals surface area contributed by atoms with Gasteiger partial charge in [0.15, 0.2) is 0 Å². The lowest BCUT2D eigenvalue weighted by atomic mass is 10.3. The Balaban J connectivity index is 2.10. The predicted octanol–water partition coefficient (Wildman–Crippen LogP) is 1.43. The number of rotatable bonds is 5. The number of amides is 1. The van der Waals surface area contributed by atoms with Crippen LogP contribution in [0.15, 0.2) is 0 Å². The molecule has 1 unspecified atom stereocenters. The van der Waals surface area contributed by atoms with Crippen LogP contribution in [0.3, 0.4) is 0 Å². The van der Waals surface area contributed by atoms with Crippen LogP contribution in [-0.2, 0) is 4.79 Å². The highest BCUT2D eigenvalue weighted by Gasteiger charge is 2.26. The number of nitrogens with zero attached hydrogens (tertiary/aromatic N) is 2. The molecule has 1 aliphatic carbocycles. The van der Waals surface area contributed by atoms with Crippen molar-refractivity contribution in [3.8, 4) is 0 Å². The Morgan fingerprint density at radius 3 is 2.58 bits per heavy atom. The van der Waals surface area contributed by atoms with E-state index in [9.17, 15) is 4.79 Å². The first-order valence-electron chi connectivity index (χ1n) is 6.81. The summed E-state index contributed by atoms with van der Waals surface area (Å²) in [5, 5.41) is 10.5. The molecule has 4 N–H and O–H groups in total. The van der Waals surface area contributed by atoms with Crippen LogP contribution in [0.2, 0.25) is 0 Å². The summed E-state index contributed by atoms with van der Waals surface area (Å²) in [7, 11) is 0. The van der Waals surface area contributed by atoms with Crippen molar-refractivity contribution >= 4 is 17.4 Å². The Hall–Kier alpha value is -1.72. The molecule has 0 spiro atoms. The molecule has 0 aromatic carbocycles. The molecule has 1 heterocycles. The Morgan fingerprint density at radius 2 is 2.05 bits per heavy atom. The average molecular weight is 265 g/mol. The van der Waals surface area contributed by atoms with E-state index in [0.717, 1.165) is 24.4 Å². The van der Waals surface area contributed by atoms with Gasteiger partial charge in [0.25, 0.3) is 0 Å². The highest BCUT2D eigenvalue weighted by molar-refractivity contribution is 5.85. The van der Waals surface area contributed by atoms with E-state index in [1.54, 1.807) is 0 Å². The van der Waals surface area contributed by atoms with Gasteiger partial charge in [-0.25, -0.2) is 4.68 Å². The van der Waals surface area contributed by atoms with Gasteiger partial charge in [-0.2, -0.15) is 5.10 Å². The SMILES string of the molecule is Cc1nn(C(C)C)c(NC(C)C(=O)NC2CC2)c1N. The Morgan fingerprint density at radius 1 is 1.42 bits per heavy atom. The largest absolute Gasteiger partial charge is 0.394 e. The number of anilines is 2. The van der Waals surface area contributed by atoms with Crippen LogP contribution in [0.5, 0.6) is 0 Å². The van der Waals surface area contributed by atoms with Crippen LogP contribution < -0.4 is 16.4 Å². The molecular formula is C13H23N5O. The van der Waals surface area contributed by atoms with Gasteiger partial charge in [0.1, 0.15) is 11.9 Å². The molecule has 0 radical (unpaired) electrons. The summed E-state index contributed by atoms with van der Waals surface area (Å²) in [6.07, 6.45) is 2.17. The Labute approximate surface area is 113 Å². The molecule has 2 rings (SSSR count). The number of nitrogens with two attached hydrogens (primary N) is 1. The number of hydrogen-bond acceptors (Lipinski definition) is 4. The zero-order valence-corrected chi connectivity index (χ0v) is 12.0. The lowest BCUT2D eigenvalue weighted by Crippen LogP contribution is -2.39. The van der Waals surface area contributed by atoms with Gasteiger partial charge >= 0.3 is 0 Å². The Bertz CT molecular complexity index is 476. The summed E-state index contributed by atoms with van der Waals surface area (Å²) in [6, 6.07) is 0.236.